The van der Waals surface area contributed by atoms with Gasteiger partial charge in [0.2, 0.25) is 0 Å². The molecule has 1 heterocycles. The molecule has 0 radical (unpaired) electrons. The molecule has 0 saturated carbocycles. The fourth-order valence-corrected chi connectivity index (χ4v) is 3.30. The molecule has 0 unspecified atom stereocenters. The summed E-state index contributed by atoms with van der Waals surface area (Å²) >= 11 is 5.97. The SMILES string of the molecule is COc1ccc(C(=O)N/N=C\c2cc(C)n(-c3ccc(Cl)c(C(=O)O)c3)c2C)cc1. The molecular weight excluding hydrogens is 406 g/mol. The number of aromatic nitrogens is 1. The van der Waals surface area contributed by atoms with Gasteiger partial charge in [-0.05, 0) is 62.4 Å². The molecule has 2 N–H and O–H groups in total. The van der Waals surface area contributed by atoms with Gasteiger partial charge in [0.15, 0.2) is 0 Å². The monoisotopic (exact) mass is 425 g/mol. The molecule has 0 atom stereocenters. The van der Waals surface area contributed by atoms with Gasteiger partial charge in [-0.1, -0.05) is 11.6 Å². The van der Waals surface area contributed by atoms with Crippen molar-refractivity contribution in [3.63, 3.8) is 0 Å². The number of nitrogens with zero attached hydrogens (tertiary/aromatic N) is 2. The lowest BCUT2D eigenvalue weighted by molar-refractivity contribution is 0.0696. The van der Waals surface area contributed by atoms with Crippen molar-refractivity contribution >= 4 is 29.7 Å². The van der Waals surface area contributed by atoms with Gasteiger partial charge in [-0.3, -0.25) is 4.79 Å². The molecule has 8 heteroatoms. The third-order valence-electron chi connectivity index (χ3n) is 4.63. The van der Waals surface area contributed by atoms with Crippen LogP contribution in [0.15, 0.2) is 53.6 Å². The predicted octanol–water partition coefficient (Wildman–Crippen LogP) is 4.22. The van der Waals surface area contributed by atoms with Gasteiger partial charge in [0.05, 0.1) is 23.9 Å². The zero-order chi connectivity index (χ0) is 21.8. The summed E-state index contributed by atoms with van der Waals surface area (Å²) in [5.74, 6) is -0.769. The summed E-state index contributed by atoms with van der Waals surface area (Å²) < 4.78 is 6.97. The topological polar surface area (TPSA) is 92.9 Å². The molecule has 1 aromatic heterocycles. The molecule has 154 valence electrons. The Bertz CT molecular complexity index is 1130. The number of rotatable bonds is 6. The maximum Gasteiger partial charge on any atom is 0.337 e. The van der Waals surface area contributed by atoms with Gasteiger partial charge in [-0.25, -0.2) is 10.2 Å². The smallest absolute Gasteiger partial charge is 0.337 e. The number of nitrogens with one attached hydrogen (secondary N) is 1. The molecule has 1 amide bonds. The van der Waals surface area contributed by atoms with Gasteiger partial charge in [0.25, 0.3) is 5.91 Å². The Morgan fingerprint density at radius 1 is 1.13 bits per heavy atom. The van der Waals surface area contributed by atoms with E-state index in [0.717, 1.165) is 17.0 Å². The molecule has 0 aliphatic carbocycles. The summed E-state index contributed by atoms with van der Waals surface area (Å²) in [6, 6.07) is 13.4. The maximum absolute atomic E-state index is 12.2. The number of hydrazone groups is 1. The van der Waals surface area contributed by atoms with Crippen LogP contribution < -0.4 is 10.2 Å². The van der Waals surface area contributed by atoms with Crippen LogP contribution in [0.5, 0.6) is 5.75 Å². The predicted molar refractivity (Wildman–Crippen MR) is 115 cm³/mol. The van der Waals surface area contributed by atoms with Gasteiger partial charge in [-0.15, -0.1) is 0 Å². The van der Waals surface area contributed by atoms with E-state index in [1.165, 1.54) is 6.07 Å². The second kappa shape index (κ2) is 8.84. The van der Waals surface area contributed by atoms with Gasteiger partial charge >= 0.3 is 5.97 Å². The van der Waals surface area contributed by atoms with Crippen molar-refractivity contribution in [2.75, 3.05) is 7.11 Å². The lowest BCUT2D eigenvalue weighted by atomic mass is 10.2. The maximum atomic E-state index is 12.2. The number of carbonyl (C=O) groups is 2. The number of carboxylic acids is 1. The number of methoxy groups -OCH3 is 1. The fourth-order valence-electron chi connectivity index (χ4n) is 3.10. The second-order valence-corrected chi connectivity index (χ2v) is 6.97. The number of carboxylic acid groups (broad SMARTS) is 1. The molecule has 2 aromatic carbocycles. The highest BCUT2D eigenvalue weighted by Gasteiger charge is 2.14. The normalized spacial score (nSPS) is 10.9. The van der Waals surface area contributed by atoms with Crippen molar-refractivity contribution in [3.05, 3.63) is 81.6 Å². The summed E-state index contributed by atoms with van der Waals surface area (Å²) in [7, 11) is 1.56. The number of amides is 1. The summed E-state index contributed by atoms with van der Waals surface area (Å²) in [5.41, 5.74) is 6.17. The Kier molecular flexibility index (Phi) is 6.23. The van der Waals surface area contributed by atoms with E-state index in [-0.39, 0.29) is 16.5 Å². The van der Waals surface area contributed by atoms with Crippen molar-refractivity contribution in [3.8, 4) is 11.4 Å². The van der Waals surface area contributed by atoms with Crippen LogP contribution in [0.25, 0.3) is 5.69 Å². The van der Waals surface area contributed by atoms with Crippen molar-refractivity contribution in [2.24, 2.45) is 5.10 Å². The number of halogens is 1. The number of hydrogen-bond acceptors (Lipinski definition) is 4. The summed E-state index contributed by atoms with van der Waals surface area (Å²) in [5, 5.41) is 13.5. The van der Waals surface area contributed by atoms with Gasteiger partial charge in [-0.2, -0.15) is 5.10 Å². The van der Waals surface area contributed by atoms with Crippen LogP contribution in [-0.4, -0.2) is 34.9 Å². The Balaban J connectivity index is 1.81. The fraction of sp³-hybridized carbons (Fsp3) is 0.136. The molecule has 3 rings (SSSR count). The first-order valence-electron chi connectivity index (χ1n) is 9.01. The van der Waals surface area contributed by atoms with E-state index in [0.29, 0.717) is 17.0 Å². The average molecular weight is 426 g/mol. The third-order valence-corrected chi connectivity index (χ3v) is 4.96. The molecule has 7 nitrogen and oxygen atoms in total. The van der Waals surface area contributed by atoms with Crippen molar-refractivity contribution in [1.29, 1.82) is 0 Å². The highest BCUT2D eigenvalue weighted by Crippen LogP contribution is 2.24. The molecule has 0 saturated heterocycles. The van der Waals surface area contributed by atoms with Gasteiger partial charge in [0.1, 0.15) is 5.75 Å². The number of aromatic carboxylic acids is 1. The van der Waals surface area contributed by atoms with Crippen molar-refractivity contribution in [1.82, 2.24) is 9.99 Å². The first kappa shape index (κ1) is 21.1. The Hall–Kier alpha value is -3.58. The second-order valence-electron chi connectivity index (χ2n) is 6.56. The van der Waals surface area contributed by atoms with E-state index < -0.39 is 5.97 Å². The first-order valence-corrected chi connectivity index (χ1v) is 9.39. The van der Waals surface area contributed by atoms with E-state index >= 15 is 0 Å². The molecule has 0 fully saturated rings. The van der Waals surface area contributed by atoms with Crippen LogP contribution >= 0.6 is 11.6 Å². The highest BCUT2D eigenvalue weighted by atomic mass is 35.5. The number of benzene rings is 2. The molecule has 30 heavy (non-hydrogen) atoms. The number of hydrogen-bond donors (Lipinski definition) is 2. The average Bonchev–Trinajstić information content (AvgIpc) is 3.01. The Labute approximate surface area is 178 Å². The molecule has 0 spiro atoms. The molecular formula is C22H20ClN3O4. The summed E-state index contributed by atoms with van der Waals surface area (Å²) in [6.45, 7) is 3.78. The van der Waals surface area contributed by atoms with Crippen LogP contribution in [0.1, 0.15) is 37.7 Å². The van der Waals surface area contributed by atoms with Gasteiger partial charge in [0, 0.05) is 28.2 Å². The van der Waals surface area contributed by atoms with Crippen LogP contribution in [0, 0.1) is 13.8 Å². The van der Waals surface area contributed by atoms with Crippen LogP contribution in [0.2, 0.25) is 5.02 Å². The highest BCUT2D eigenvalue weighted by molar-refractivity contribution is 6.33. The number of aryl methyl sites for hydroxylation is 1. The Morgan fingerprint density at radius 2 is 1.83 bits per heavy atom. The van der Waals surface area contributed by atoms with E-state index in [4.69, 9.17) is 16.3 Å². The van der Waals surface area contributed by atoms with E-state index in [1.807, 2.05) is 24.5 Å². The van der Waals surface area contributed by atoms with Crippen molar-refractivity contribution < 1.29 is 19.4 Å². The van der Waals surface area contributed by atoms with E-state index in [2.05, 4.69) is 10.5 Å². The lowest BCUT2D eigenvalue weighted by Gasteiger charge is -2.11. The minimum atomic E-state index is -1.09. The summed E-state index contributed by atoms with van der Waals surface area (Å²) in [4.78, 5) is 23.6. The third kappa shape index (κ3) is 4.36. The van der Waals surface area contributed by atoms with Crippen molar-refractivity contribution in [2.45, 2.75) is 13.8 Å². The minimum Gasteiger partial charge on any atom is -0.497 e. The number of carbonyl (C=O) groups excluding carboxylic acids is 1. The van der Waals surface area contributed by atoms with Crippen LogP contribution in [-0.2, 0) is 0 Å². The van der Waals surface area contributed by atoms with Crippen LogP contribution in [0.4, 0.5) is 0 Å². The minimum absolute atomic E-state index is 0.0311. The van der Waals surface area contributed by atoms with E-state index in [1.54, 1.807) is 49.7 Å². The molecule has 0 aliphatic rings. The molecule has 0 bridgehead atoms. The van der Waals surface area contributed by atoms with Crippen LogP contribution in [0.3, 0.4) is 0 Å². The standard InChI is InChI=1S/C22H20ClN3O4/c1-13-10-16(12-24-25-21(27)15-4-7-18(30-3)8-5-15)14(2)26(13)17-6-9-20(23)19(11-17)22(28)29/h4-12H,1-3H3,(H,25,27)(H,28,29)/b24-12-. The first-order chi connectivity index (χ1) is 14.3. The Morgan fingerprint density at radius 3 is 2.47 bits per heavy atom. The molecule has 0 aliphatic heterocycles. The van der Waals surface area contributed by atoms with Gasteiger partial charge < -0.3 is 14.4 Å². The molecule has 3 aromatic rings. The largest absolute Gasteiger partial charge is 0.497 e. The van der Waals surface area contributed by atoms with E-state index in [9.17, 15) is 14.7 Å². The lowest BCUT2D eigenvalue weighted by Crippen LogP contribution is -2.17. The number of ether oxygens (including phenoxy) is 1. The zero-order valence-electron chi connectivity index (χ0n) is 16.6. The summed E-state index contributed by atoms with van der Waals surface area (Å²) in [6.07, 6.45) is 1.55. The quantitative estimate of drug-likeness (QED) is 0.457. The zero-order valence-corrected chi connectivity index (χ0v) is 17.4.